The van der Waals surface area contributed by atoms with E-state index in [1.807, 2.05) is 4.57 Å². The van der Waals surface area contributed by atoms with Gasteiger partial charge in [0.05, 0.1) is 12.9 Å². The fourth-order valence-corrected chi connectivity index (χ4v) is 2.17. The summed E-state index contributed by atoms with van der Waals surface area (Å²) in [5.74, 6) is -1.63. The van der Waals surface area contributed by atoms with E-state index in [9.17, 15) is 13.2 Å². The SMILES string of the molecule is Fc1ccc(COc2ccc(OCCn3ccnc3)c(F)c2)c(F)c1. The molecule has 3 aromatic rings. The predicted molar refractivity (Wildman–Crippen MR) is 84.8 cm³/mol. The summed E-state index contributed by atoms with van der Waals surface area (Å²) in [4.78, 5) is 3.90. The highest BCUT2D eigenvalue weighted by Gasteiger charge is 2.08. The minimum atomic E-state index is -0.708. The molecule has 0 aliphatic carbocycles. The smallest absolute Gasteiger partial charge is 0.168 e. The third-order valence-electron chi connectivity index (χ3n) is 3.48. The van der Waals surface area contributed by atoms with Crippen LogP contribution in [0.25, 0.3) is 0 Å². The lowest BCUT2D eigenvalue weighted by atomic mass is 10.2. The van der Waals surface area contributed by atoms with Crippen LogP contribution in [-0.2, 0) is 13.2 Å². The Bertz CT molecular complexity index is 838. The van der Waals surface area contributed by atoms with Crippen LogP contribution in [0.3, 0.4) is 0 Å². The second-order valence-corrected chi connectivity index (χ2v) is 5.27. The molecular weight excluding hydrogens is 333 g/mol. The number of rotatable bonds is 7. The molecule has 0 saturated heterocycles. The van der Waals surface area contributed by atoms with E-state index < -0.39 is 17.5 Å². The molecule has 2 aromatic carbocycles. The van der Waals surface area contributed by atoms with Crippen molar-refractivity contribution >= 4 is 0 Å². The van der Waals surface area contributed by atoms with Crippen LogP contribution < -0.4 is 9.47 Å². The first-order valence-corrected chi connectivity index (χ1v) is 7.56. The largest absolute Gasteiger partial charge is 0.489 e. The number of ether oxygens (including phenoxy) is 2. The minimum absolute atomic E-state index is 0.0976. The van der Waals surface area contributed by atoms with Gasteiger partial charge < -0.3 is 14.0 Å². The molecule has 0 atom stereocenters. The van der Waals surface area contributed by atoms with Gasteiger partial charge in [-0.3, -0.25) is 0 Å². The summed E-state index contributed by atoms with van der Waals surface area (Å²) in [6.45, 7) is 0.697. The minimum Gasteiger partial charge on any atom is -0.489 e. The first-order chi connectivity index (χ1) is 12.1. The van der Waals surface area contributed by atoms with Crippen LogP contribution in [0.1, 0.15) is 5.56 Å². The molecule has 1 heterocycles. The van der Waals surface area contributed by atoms with Crippen LogP contribution >= 0.6 is 0 Å². The second-order valence-electron chi connectivity index (χ2n) is 5.27. The van der Waals surface area contributed by atoms with Gasteiger partial charge in [0, 0.05) is 30.1 Å². The topological polar surface area (TPSA) is 36.3 Å². The van der Waals surface area contributed by atoms with Gasteiger partial charge in [0.2, 0.25) is 0 Å². The Kier molecular flexibility index (Phi) is 5.23. The van der Waals surface area contributed by atoms with Crippen LogP contribution in [0.4, 0.5) is 13.2 Å². The summed E-state index contributed by atoms with van der Waals surface area (Å²) in [5, 5.41) is 0. The Morgan fingerprint density at radius 2 is 1.84 bits per heavy atom. The molecule has 0 unspecified atom stereocenters. The van der Waals surface area contributed by atoms with E-state index in [1.54, 1.807) is 18.7 Å². The van der Waals surface area contributed by atoms with Gasteiger partial charge in [-0.25, -0.2) is 18.2 Å². The summed E-state index contributed by atoms with van der Waals surface area (Å²) in [5.41, 5.74) is 0.183. The van der Waals surface area contributed by atoms with Gasteiger partial charge in [-0.15, -0.1) is 0 Å². The van der Waals surface area contributed by atoms with Crippen molar-refractivity contribution in [2.75, 3.05) is 6.61 Å². The van der Waals surface area contributed by atoms with Gasteiger partial charge in [-0.1, -0.05) is 0 Å². The molecule has 3 rings (SSSR count). The van der Waals surface area contributed by atoms with Crippen molar-refractivity contribution in [2.24, 2.45) is 0 Å². The molecule has 4 nitrogen and oxygen atoms in total. The monoisotopic (exact) mass is 348 g/mol. The maximum absolute atomic E-state index is 14.0. The Morgan fingerprint density at radius 1 is 0.960 bits per heavy atom. The van der Waals surface area contributed by atoms with Crippen molar-refractivity contribution in [2.45, 2.75) is 13.2 Å². The first kappa shape index (κ1) is 16.9. The van der Waals surface area contributed by atoms with Crippen molar-refractivity contribution in [1.29, 1.82) is 0 Å². The molecule has 130 valence electrons. The molecule has 1 aromatic heterocycles. The van der Waals surface area contributed by atoms with Gasteiger partial charge >= 0.3 is 0 Å². The highest BCUT2D eigenvalue weighted by molar-refractivity contribution is 5.33. The second kappa shape index (κ2) is 7.74. The van der Waals surface area contributed by atoms with Crippen LogP contribution in [-0.4, -0.2) is 16.2 Å². The summed E-state index contributed by atoms with van der Waals surface area (Å²) in [7, 11) is 0. The number of imidazole rings is 1. The standard InChI is InChI=1S/C18H15F3N2O2/c19-14-2-1-13(16(20)9-14)11-25-15-3-4-18(17(21)10-15)24-8-7-23-6-5-22-12-23/h1-6,9-10,12H,7-8,11H2. The van der Waals surface area contributed by atoms with Gasteiger partial charge in [-0.2, -0.15) is 0 Å². The molecule has 0 aliphatic heterocycles. The fraction of sp³-hybridized carbons (Fsp3) is 0.167. The Hall–Kier alpha value is -2.96. The maximum Gasteiger partial charge on any atom is 0.168 e. The average molecular weight is 348 g/mol. The zero-order valence-electron chi connectivity index (χ0n) is 13.2. The van der Waals surface area contributed by atoms with Gasteiger partial charge in [0.1, 0.15) is 30.6 Å². The maximum atomic E-state index is 14.0. The molecule has 0 fully saturated rings. The molecule has 0 bridgehead atoms. The van der Waals surface area contributed by atoms with E-state index in [0.717, 1.165) is 18.2 Å². The van der Waals surface area contributed by atoms with Crippen molar-refractivity contribution in [3.8, 4) is 11.5 Å². The number of halogens is 3. The third-order valence-corrected chi connectivity index (χ3v) is 3.48. The lowest BCUT2D eigenvalue weighted by molar-refractivity contribution is 0.277. The fourth-order valence-electron chi connectivity index (χ4n) is 2.17. The molecule has 25 heavy (non-hydrogen) atoms. The van der Waals surface area contributed by atoms with Crippen molar-refractivity contribution in [3.63, 3.8) is 0 Å². The number of benzene rings is 2. The molecule has 0 aliphatic rings. The van der Waals surface area contributed by atoms with E-state index >= 15 is 0 Å². The van der Waals surface area contributed by atoms with Gasteiger partial charge in [0.25, 0.3) is 0 Å². The molecule has 0 N–H and O–H groups in total. The zero-order chi connectivity index (χ0) is 17.6. The van der Waals surface area contributed by atoms with Crippen LogP contribution in [0, 0.1) is 17.5 Å². The lowest BCUT2D eigenvalue weighted by Crippen LogP contribution is -2.07. The van der Waals surface area contributed by atoms with E-state index in [4.69, 9.17) is 9.47 Å². The van der Waals surface area contributed by atoms with Crippen molar-refractivity contribution in [3.05, 3.63) is 78.1 Å². The van der Waals surface area contributed by atoms with Crippen LogP contribution in [0.15, 0.2) is 55.1 Å². The zero-order valence-corrected chi connectivity index (χ0v) is 13.2. The molecule has 0 amide bonds. The molecule has 0 spiro atoms. The summed E-state index contributed by atoms with van der Waals surface area (Å²) >= 11 is 0. The highest BCUT2D eigenvalue weighted by Crippen LogP contribution is 2.24. The van der Waals surface area contributed by atoms with E-state index in [2.05, 4.69) is 4.98 Å². The molecular formula is C18H15F3N2O2. The molecule has 0 radical (unpaired) electrons. The van der Waals surface area contributed by atoms with Crippen molar-refractivity contribution < 1.29 is 22.6 Å². The normalized spacial score (nSPS) is 10.7. The van der Waals surface area contributed by atoms with Gasteiger partial charge in [-0.05, 0) is 24.3 Å². The Balaban J connectivity index is 1.55. The number of hydrogen-bond acceptors (Lipinski definition) is 3. The number of nitrogens with zero attached hydrogens (tertiary/aromatic N) is 2. The Morgan fingerprint density at radius 3 is 2.56 bits per heavy atom. The van der Waals surface area contributed by atoms with Gasteiger partial charge in [0.15, 0.2) is 11.6 Å². The van der Waals surface area contributed by atoms with Crippen molar-refractivity contribution in [1.82, 2.24) is 9.55 Å². The van der Waals surface area contributed by atoms with E-state index in [0.29, 0.717) is 6.54 Å². The van der Waals surface area contributed by atoms with Crippen LogP contribution in [0.5, 0.6) is 11.5 Å². The number of hydrogen-bond donors (Lipinski definition) is 0. The quantitative estimate of drug-likeness (QED) is 0.648. The molecule has 0 saturated carbocycles. The lowest BCUT2D eigenvalue weighted by Gasteiger charge is -2.11. The third kappa shape index (κ3) is 4.53. The molecule has 7 heteroatoms. The summed E-state index contributed by atoms with van der Waals surface area (Å²) < 4.78 is 52.9. The number of aromatic nitrogens is 2. The van der Waals surface area contributed by atoms with E-state index in [1.165, 1.54) is 18.2 Å². The highest BCUT2D eigenvalue weighted by atomic mass is 19.1. The summed E-state index contributed by atoms with van der Waals surface area (Å²) in [6.07, 6.45) is 5.08. The first-order valence-electron chi connectivity index (χ1n) is 7.56. The Labute approximate surface area is 142 Å². The predicted octanol–water partition coefficient (Wildman–Crippen LogP) is 3.96. The van der Waals surface area contributed by atoms with Crippen LogP contribution in [0.2, 0.25) is 0 Å². The summed E-state index contributed by atoms with van der Waals surface area (Å²) in [6, 6.07) is 7.33. The van der Waals surface area contributed by atoms with E-state index in [-0.39, 0.29) is 30.3 Å². The average Bonchev–Trinajstić information content (AvgIpc) is 3.09.